The minimum atomic E-state index is 0.0776. The first-order valence-electron chi connectivity index (χ1n) is 18.6. The first-order valence-corrected chi connectivity index (χ1v) is 18.6. The summed E-state index contributed by atoms with van der Waals surface area (Å²) in [7, 11) is 0. The Labute approximate surface area is 319 Å². The number of fused-ring (bicyclic) bond motifs is 5. The van der Waals surface area contributed by atoms with Crippen LogP contribution in [0, 0.1) is 0 Å². The third-order valence-electron chi connectivity index (χ3n) is 10.5. The number of benzene rings is 6. The molecule has 10 rings (SSSR count). The molecule has 2 aliphatic rings. The number of ether oxygens (including phenoxy) is 1. The van der Waals surface area contributed by atoms with Gasteiger partial charge < -0.3 is 9.15 Å². The fourth-order valence-corrected chi connectivity index (χ4v) is 7.78. The predicted molar refractivity (Wildman–Crippen MR) is 222 cm³/mol. The standard InChI is InChI=1S/C50H35N3O2/c1-32-13-4-2-7-17-36-25-28-38(30-45(36)54-32)49-51-48(37-26-23-35(24-27-37)41-21-12-18-34-16-8-9-19-40(34)41)52-50(53-49)43-29-39(33-14-5-3-6-15-33)31-46-47(43)42-20-10-11-22-44(42)55-46/h2-16,18-30,39H,1,17,31H2/b7-2-,13-4-. The van der Waals surface area contributed by atoms with Crippen LogP contribution in [0.3, 0.4) is 0 Å². The van der Waals surface area contributed by atoms with Crippen molar-refractivity contribution in [3.05, 3.63) is 211 Å². The molecule has 262 valence electrons. The first-order chi connectivity index (χ1) is 27.1. The number of hydrogen-bond acceptors (Lipinski definition) is 5. The minimum absolute atomic E-state index is 0.0776. The van der Waals surface area contributed by atoms with E-state index in [2.05, 4.69) is 140 Å². The first kappa shape index (κ1) is 32.5. The molecule has 55 heavy (non-hydrogen) atoms. The molecule has 2 aromatic heterocycles. The second-order valence-corrected chi connectivity index (χ2v) is 14.0. The Kier molecular flexibility index (Phi) is 8.11. The summed E-state index contributed by atoms with van der Waals surface area (Å²) in [6.07, 6.45) is 11.7. The smallest absolute Gasteiger partial charge is 0.164 e. The molecule has 1 aliphatic heterocycles. The van der Waals surface area contributed by atoms with E-state index in [9.17, 15) is 0 Å². The van der Waals surface area contributed by atoms with Gasteiger partial charge in [-0.3, -0.25) is 0 Å². The number of nitrogens with zero attached hydrogens (tertiary/aromatic N) is 3. The Morgan fingerprint density at radius 2 is 1.33 bits per heavy atom. The highest BCUT2D eigenvalue weighted by Crippen LogP contribution is 2.43. The van der Waals surface area contributed by atoms with Gasteiger partial charge in [0.1, 0.15) is 22.9 Å². The highest BCUT2D eigenvalue weighted by atomic mass is 16.5. The van der Waals surface area contributed by atoms with Crippen LogP contribution in [0.15, 0.2) is 187 Å². The number of aromatic nitrogens is 3. The van der Waals surface area contributed by atoms with E-state index in [1.165, 1.54) is 21.9 Å². The van der Waals surface area contributed by atoms with Gasteiger partial charge in [0.05, 0.1) is 0 Å². The molecule has 0 spiro atoms. The molecule has 0 radical (unpaired) electrons. The highest BCUT2D eigenvalue weighted by molar-refractivity contribution is 5.98. The third kappa shape index (κ3) is 6.16. The zero-order valence-electron chi connectivity index (χ0n) is 30.0. The second-order valence-electron chi connectivity index (χ2n) is 14.0. The maximum absolute atomic E-state index is 6.57. The molecule has 0 N–H and O–H groups in total. The van der Waals surface area contributed by atoms with Crippen molar-refractivity contribution >= 4 is 27.3 Å². The number of furan rings is 1. The number of para-hydroxylation sites is 1. The summed E-state index contributed by atoms with van der Waals surface area (Å²) in [6, 6.07) is 48.4. The number of hydrogen-bond donors (Lipinski definition) is 0. The zero-order chi connectivity index (χ0) is 36.7. The Bertz CT molecular complexity index is 2860. The monoisotopic (exact) mass is 709 g/mol. The Hall–Kier alpha value is -7.11. The molecule has 0 saturated heterocycles. The van der Waals surface area contributed by atoms with Gasteiger partial charge in [0.15, 0.2) is 17.5 Å². The molecule has 6 aromatic carbocycles. The molecule has 0 bridgehead atoms. The molecular formula is C50H35N3O2. The van der Waals surface area contributed by atoms with Crippen molar-refractivity contribution in [2.75, 3.05) is 0 Å². The molecule has 5 heteroatoms. The normalized spacial score (nSPS) is 16.3. The van der Waals surface area contributed by atoms with Crippen molar-refractivity contribution in [2.24, 2.45) is 0 Å². The van der Waals surface area contributed by atoms with Crippen molar-refractivity contribution in [3.63, 3.8) is 0 Å². The van der Waals surface area contributed by atoms with Gasteiger partial charge in [-0.05, 0) is 57.7 Å². The summed E-state index contributed by atoms with van der Waals surface area (Å²) in [5.41, 5.74) is 9.11. The van der Waals surface area contributed by atoms with Gasteiger partial charge in [0.2, 0.25) is 0 Å². The van der Waals surface area contributed by atoms with Crippen LogP contribution in [0.5, 0.6) is 5.75 Å². The van der Waals surface area contributed by atoms with Gasteiger partial charge in [-0.2, -0.15) is 0 Å². The molecule has 5 nitrogen and oxygen atoms in total. The zero-order valence-corrected chi connectivity index (χ0v) is 30.0. The summed E-state index contributed by atoms with van der Waals surface area (Å²) < 4.78 is 12.8. The highest BCUT2D eigenvalue weighted by Gasteiger charge is 2.29. The maximum Gasteiger partial charge on any atom is 0.164 e. The summed E-state index contributed by atoms with van der Waals surface area (Å²) in [6.45, 7) is 4.11. The van der Waals surface area contributed by atoms with Gasteiger partial charge >= 0.3 is 0 Å². The molecule has 8 aromatic rings. The van der Waals surface area contributed by atoms with E-state index in [-0.39, 0.29) is 5.92 Å². The Balaban J connectivity index is 1.15. The fraction of sp³-hybridized carbons (Fsp3) is 0.0600. The average molecular weight is 710 g/mol. The lowest BCUT2D eigenvalue weighted by Gasteiger charge is -2.21. The van der Waals surface area contributed by atoms with Crippen LogP contribution < -0.4 is 4.74 Å². The Morgan fingerprint density at radius 1 is 0.618 bits per heavy atom. The van der Waals surface area contributed by atoms with Crippen LogP contribution in [0.25, 0.3) is 61.2 Å². The van der Waals surface area contributed by atoms with Crippen LogP contribution >= 0.6 is 0 Å². The third-order valence-corrected chi connectivity index (χ3v) is 10.5. The second kappa shape index (κ2) is 13.7. The summed E-state index contributed by atoms with van der Waals surface area (Å²) in [4.78, 5) is 15.7. The average Bonchev–Trinajstić information content (AvgIpc) is 3.65. The summed E-state index contributed by atoms with van der Waals surface area (Å²) >= 11 is 0. The summed E-state index contributed by atoms with van der Waals surface area (Å²) in [5.74, 6) is 4.03. The van der Waals surface area contributed by atoms with Crippen molar-refractivity contribution in [2.45, 2.75) is 18.8 Å². The molecule has 3 heterocycles. The van der Waals surface area contributed by atoms with Crippen molar-refractivity contribution in [1.82, 2.24) is 15.0 Å². The quantitative estimate of drug-likeness (QED) is 0.178. The van der Waals surface area contributed by atoms with Crippen molar-refractivity contribution in [1.29, 1.82) is 0 Å². The number of allylic oxidation sites excluding steroid dienone is 5. The minimum Gasteiger partial charge on any atom is -0.460 e. The predicted octanol–water partition coefficient (Wildman–Crippen LogP) is 12.1. The van der Waals surface area contributed by atoms with Crippen LogP contribution in [0.2, 0.25) is 0 Å². The van der Waals surface area contributed by atoms with Gasteiger partial charge in [-0.25, -0.2) is 15.0 Å². The lowest BCUT2D eigenvalue weighted by atomic mass is 9.83. The fourth-order valence-electron chi connectivity index (χ4n) is 7.78. The van der Waals surface area contributed by atoms with Crippen molar-refractivity contribution in [3.8, 4) is 39.7 Å². The molecule has 1 atom stereocenters. The van der Waals surface area contributed by atoms with Gasteiger partial charge in [0, 0.05) is 40.0 Å². The topological polar surface area (TPSA) is 61.0 Å². The Morgan fingerprint density at radius 3 is 2.20 bits per heavy atom. The molecule has 0 saturated carbocycles. The van der Waals surface area contributed by atoms with E-state index in [1.807, 2.05) is 36.4 Å². The molecule has 1 aliphatic carbocycles. The molecule has 0 fully saturated rings. The van der Waals surface area contributed by atoms with Crippen LogP contribution in [0.4, 0.5) is 0 Å². The van der Waals surface area contributed by atoms with Gasteiger partial charge in [-0.15, -0.1) is 0 Å². The van der Waals surface area contributed by atoms with Crippen molar-refractivity contribution < 1.29 is 9.15 Å². The largest absolute Gasteiger partial charge is 0.460 e. The van der Waals surface area contributed by atoms with E-state index in [1.54, 1.807) is 0 Å². The van der Waals surface area contributed by atoms with E-state index < -0.39 is 0 Å². The van der Waals surface area contributed by atoms with E-state index in [0.29, 0.717) is 23.2 Å². The number of rotatable bonds is 5. The van der Waals surface area contributed by atoms with Crippen LogP contribution in [0.1, 0.15) is 34.2 Å². The lowest BCUT2D eigenvalue weighted by Crippen LogP contribution is -2.11. The van der Waals surface area contributed by atoms with Gasteiger partial charge in [0.25, 0.3) is 0 Å². The van der Waals surface area contributed by atoms with E-state index in [4.69, 9.17) is 24.1 Å². The molecule has 1 unspecified atom stereocenters. The van der Waals surface area contributed by atoms with Crippen LogP contribution in [-0.2, 0) is 12.8 Å². The van der Waals surface area contributed by atoms with Crippen LogP contribution in [-0.4, -0.2) is 15.0 Å². The SMILES string of the molecule is C=C1/C=C\C=C/Cc2ccc(-c3nc(C4=CC(c5ccccc5)Cc5oc6ccccc6c54)nc(-c4ccc(-c5cccc6ccccc56)cc4)n3)cc2O1. The molecular weight excluding hydrogens is 675 g/mol. The summed E-state index contributed by atoms with van der Waals surface area (Å²) in [5, 5.41) is 3.47. The van der Waals surface area contributed by atoms with E-state index >= 15 is 0 Å². The van der Waals surface area contributed by atoms with E-state index in [0.717, 1.165) is 68.7 Å². The maximum atomic E-state index is 6.57. The van der Waals surface area contributed by atoms with Gasteiger partial charge in [-0.1, -0.05) is 158 Å². The molecule has 0 amide bonds. The lowest BCUT2D eigenvalue weighted by molar-refractivity contribution is 0.443.